The van der Waals surface area contributed by atoms with Crippen molar-refractivity contribution in [3.8, 4) is 0 Å². The second kappa shape index (κ2) is 7.94. The first-order chi connectivity index (χ1) is 13.3. The third-order valence-corrected chi connectivity index (χ3v) is 4.28. The van der Waals surface area contributed by atoms with Crippen molar-refractivity contribution in [2.75, 3.05) is 12.4 Å². The number of methoxy groups -OCH3 is 1. The van der Waals surface area contributed by atoms with Crippen molar-refractivity contribution < 1.29 is 41.0 Å². The number of carbonyl (C=O) groups is 1. The number of rotatable bonds is 5. The molecule has 158 valence electrons. The van der Waals surface area contributed by atoms with E-state index in [2.05, 4.69) is 5.32 Å². The van der Waals surface area contributed by atoms with Crippen molar-refractivity contribution >= 4 is 11.7 Å². The fourth-order valence-corrected chi connectivity index (χ4v) is 2.62. The van der Waals surface area contributed by atoms with E-state index in [1.807, 2.05) is 6.92 Å². The minimum Gasteiger partial charge on any atom is -0.467 e. The summed E-state index contributed by atoms with van der Waals surface area (Å²) in [6.45, 7) is 1.82. The number of hydrogen-bond donors (Lipinski definition) is 2. The zero-order chi connectivity index (χ0) is 22.0. The van der Waals surface area contributed by atoms with E-state index in [9.17, 15) is 36.2 Å². The molecule has 0 aliphatic heterocycles. The van der Waals surface area contributed by atoms with Crippen molar-refractivity contribution in [1.82, 2.24) is 0 Å². The number of esters is 1. The Morgan fingerprint density at radius 3 is 1.83 bits per heavy atom. The van der Waals surface area contributed by atoms with Crippen LogP contribution in [-0.4, -0.2) is 30.5 Å². The Labute approximate surface area is 162 Å². The number of halogens is 6. The Balaban J connectivity index is 2.37. The largest absolute Gasteiger partial charge is 0.467 e. The molecule has 2 N–H and O–H groups in total. The monoisotopic (exact) mass is 421 g/mol. The molecule has 0 bridgehead atoms. The lowest BCUT2D eigenvalue weighted by Gasteiger charge is -2.32. The Morgan fingerprint density at radius 2 is 1.41 bits per heavy atom. The standard InChI is InChI=1S/C19H17F6NO3/c1-11-3-5-12(6-4-11)15(16(27)29-2)26-14-9-7-13(8-10-14)17(28,18(20,21)22)19(23,24)25/h3-10,15,26,28H,1-2H3. The van der Waals surface area contributed by atoms with Crippen molar-refractivity contribution in [3.63, 3.8) is 0 Å². The topological polar surface area (TPSA) is 58.6 Å². The van der Waals surface area contributed by atoms with E-state index in [0.29, 0.717) is 17.7 Å². The van der Waals surface area contributed by atoms with Gasteiger partial charge in [-0.15, -0.1) is 0 Å². The third-order valence-electron chi connectivity index (χ3n) is 4.28. The number of anilines is 1. The molecule has 4 nitrogen and oxygen atoms in total. The predicted molar refractivity (Wildman–Crippen MR) is 92.0 cm³/mol. The minimum atomic E-state index is -5.98. The van der Waals surface area contributed by atoms with Crippen molar-refractivity contribution in [1.29, 1.82) is 0 Å². The Bertz CT molecular complexity index is 830. The molecule has 29 heavy (non-hydrogen) atoms. The van der Waals surface area contributed by atoms with Crippen LogP contribution in [0.15, 0.2) is 48.5 Å². The number of hydrogen-bond acceptors (Lipinski definition) is 4. The highest BCUT2D eigenvalue weighted by Gasteiger charge is 2.71. The van der Waals surface area contributed by atoms with E-state index < -0.39 is 35.5 Å². The lowest BCUT2D eigenvalue weighted by Crippen LogP contribution is -2.53. The number of ether oxygens (including phenoxy) is 1. The lowest BCUT2D eigenvalue weighted by molar-refractivity contribution is -0.376. The van der Waals surface area contributed by atoms with Crippen LogP contribution in [0.25, 0.3) is 0 Å². The van der Waals surface area contributed by atoms with E-state index in [-0.39, 0.29) is 5.69 Å². The van der Waals surface area contributed by atoms with Gasteiger partial charge < -0.3 is 15.2 Å². The van der Waals surface area contributed by atoms with Crippen LogP contribution in [0.4, 0.5) is 32.0 Å². The average Bonchev–Trinajstić information content (AvgIpc) is 2.64. The lowest BCUT2D eigenvalue weighted by atomic mass is 9.92. The summed E-state index contributed by atoms with van der Waals surface area (Å²) in [7, 11) is 1.14. The molecule has 0 aromatic heterocycles. The molecular formula is C19H17F6NO3. The van der Waals surface area contributed by atoms with Crippen molar-refractivity contribution in [2.24, 2.45) is 0 Å². The quantitative estimate of drug-likeness (QED) is 0.546. The van der Waals surface area contributed by atoms with Gasteiger partial charge in [-0.2, -0.15) is 26.3 Å². The second-order valence-electron chi connectivity index (χ2n) is 6.29. The summed E-state index contributed by atoms with van der Waals surface area (Å²) in [5.74, 6) is -0.708. The van der Waals surface area contributed by atoms with Gasteiger partial charge in [0.15, 0.2) is 6.04 Å². The van der Waals surface area contributed by atoms with Gasteiger partial charge >= 0.3 is 18.3 Å². The van der Waals surface area contributed by atoms with Crippen molar-refractivity contribution in [2.45, 2.75) is 30.9 Å². The van der Waals surface area contributed by atoms with E-state index >= 15 is 0 Å². The molecule has 10 heteroatoms. The van der Waals surface area contributed by atoms with E-state index in [1.165, 1.54) is 0 Å². The fourth-order valence-electron chi connectivity index (χ4n) is 2.62. The molecule has 0 saturated heterocycles. The Morgan fingerprint density at radius 1 is 0.931 bits per heavy atom. The van der Waals surface area contributed by atoms with Crippen LogP contribution in [0.2, 0.25) is 0 Å². The summed E-state index contributed by atoms with van der Waals surface area (Å²) >= 11 is 0. The maximum absolute atomic E-state index is 13.0. The summed E-state index contributed by atoms with van der Waals surface area (Å²) < 4.78 is 82.4. The second-order valence-corrected chi connectivity index (χ2v) is 6.29. The van der Waals surface area contributed by atoms with Crippen LogP contribution in [-0.2, 0) is 15.1 Å². The molecule has 0 spiro atoms. The van der Waals surface area contributed by atoms with Crippen LogP contribution < -0.4 is 5.32 Å². The summed E-state index contributed by atoms with van der Waals surface area (Å²) in [6.07, 6.45) is -12.0. The third kappa shape index (κ3) is 4.47. The van der Waals surface area contributed by atoms with Crippen molar-refractivity contribution in [3.05, 3.63) is 65.2 Å². The summed E-state index contributed by atoms with van der Waals surface area (Å²) in [5.41, 5.74) is -4.96. The first-order valence-corrected chi connectivity index (χ1v) is 8.18. The van der Waals surface area contributed by atoms with E-state index in [1.54, 1.807) is 24.3 Å². The molecule has 0 amide bonds. The highest BCUT2D eigenvalue weighted by Crippen LogP contribution is 2.50. The van der Waals surface area contributed by atoms with Gasteiger partial charge in [0.2, 0.25) is 0 Å². The molecule has 0 heterocycles. The molecular weight excluding hydrogens is 404 g/mol. The number of aliphatic hydroxyl groups is 1. The molecule has 0 radical (unpaired) electrons. The number of alkyl halides is 6. The number of nitrogens with one attached hydrogen (secondary N) is 1. The highest BCUT2D eigenvalue weighted by atomic mass is 19.4. The van der Waals surface area contributed by atoms with Gasteiger partial charge in [-0.05, 0) is 24.6 Å². The Hall–Kier alpha value is -2.75. The molecule has 1 atom stereocenters. The first kappa shape index (κ1) is 22.5. The summed E-state index contributed by atoms with van der Waals surface area (Å²) in [6, 6.07) is 8.46. The predicted octanol–water partition coefficient (Wildman–Crippen LogP) is 4.63. The fraction of sp³-hybridized carbons (Fsp3) is 0.316. The maximum Gasteiger partial charge on any atom is 0.430 e. The van der Waals surface area contributed by atoms with E-state index in [0.717, 1.165) is 24.8 Å². The molecule has 2 aromatic carbocycles. The van der Waals surface area contributed by atoms with Gasteiger partial charge in [0, 0.05) is 11.3 Å². The van der Waals surface area contributed by atoms with Gasteiger partial charge in [-0.1, -0.05) is 42.0 Å². The smallest absolute Gasteiger partial charge is 0.430 e. The zero-order valence-corrected chi connectivity index (χ0v) is 15.2. The minimum absolute atomic E-state index is 0.0522. The van der Waals surface area contributed by atoms with Gasteiger partial charge in [-0.3, -0.25) is 0 Å². The van der Waals surface area contributed by atoms with Gasteiger partial charge in [-0.25, -0.2) is 4.79 Å². The van der Waals surface area contributed by atoms with Crippen LogP contribution in [0.1, 0.15) is 22.7 Å². The Kier molecular flexibility index (Phi) is 6.17. The molecule has 1 unspecified atom stereocenters. The highest BCUT2D eigenvalue weighted by molar-refractivity contribution is 5.81. The molecule has 2 aromatic rings. The summed E-state index contributed by atoms with van der Waals surface area (Å²) in [4.78, 5) is 12.1. The normalized spacial score (nSPS) is 13.7. The molecule has 0 saturated carbocycles. The molecule has 2 rings (SSSR count). The van der Waals surface area contributed by atoms with E-state index in [4.69, 9.17) is 4.74 Å². The van der Waals surface area contributed by atoms with Gasteiger partial charge in [0.1, 0.15) is 0 Å². The zero-order valence-electron chi connectivity index (χ0n) is 15.2. The maximum atomic E-state index is 13.0. The summed E-state index contributed by atoms with van der Waals surface area (Å²) in [5, 5.41) is 12.1. The van der Waals surface area contributed by atoms with Crippen LogP contribution in [0, 0.1) is 6.92 Å². The SMILES string of the molecule is COC(=O)C(Nc1ccc(C(O)(C(F)(F)F)C(F)(F)F)cc1)c1ccc(C)cc1. The molecule has 0 fully saturated rings. The number of carbonyl (C=O) groups excluding carboxylic acids is 1. The first-order valence-electron chi connectivity index (χ1n) is 8.18. The molecule has 0 aliphatic rings. The number of benzene rings is 2. The molecule has 0 aliphatic carbocycles. The average molecular weight is 421 g/mol. The van der Waals surface area contributed by atoms with Gasteiger partial charge in [0.25, 0.3) is 5.60 Å². The van der Waals surface area contributed by atoms with Gasteiger partial charge in [0.05, 0.1) is 7.11 Å². The van der Waals surface area contributed by atoms with Crippen LogP contribution >= 0.6 is 0 Å². The van der Waals surface area contributed by atoms with Crippen LogP contribution in [0.3, 0.4) is 0 Å². The number of aryl methyl sites for hydroxylation is 1. The van der Waals surface area contributed by atoms with Crippen LogP contribution in [0.5, 0.6) is 0 Å².